The summed E-state index contributed by atoms with van der Waals surface area (Å²) in [7, 11) is 3.63. The Bertz CT molecular complexity index is 951. The number of pyridine rings is 1. The Balaban J connectivity index is 1.38. The Labute approximate surface area is 158 Å². The van der Waals surface area contributed by atoms with Crippen LogP contribution in [0.3, 0.4) is 0 Å². The van der Waals surface area contributed by atoms with Crippen LogP contribution >= 0.6 is 0 Å². The maximum atomic E-state index is 12.5. The lowest BCUT2D eigenvalue weighted by molar-refractivity contribution is 0.207. The number of hydrogen-bond donors (Lipinski definition) is 1. The topological polar surface area (TPSA) is 72.3 Å². The summed E-state index contributed by atoms with van der Waals surface area (Å²) in [6.07, 6.45) is 2.69. The van der Waals surface area contributed by atoms with Gasteiger partial charge in [0.05, 0.1) is 7.11 Å². The molecule has 0 radical (unpaired) electrons. The van der Waals surface area contributed by atoms with Crippen LogP contribution in [0.1, 0.15) is 23.7 Å². The first-order valence-corrected chi connectivity index (χ1v) is 9.08. The molecule has 140 valence electrons. The summed E-state index contributed by atoms with van der Waals surface area (Å²) in [5.41, 5.74) is 2.83. The number of carbonyl (C=O) groups is 1. The van der Waals surface area contributed by atoms with Crippen LogP contribution in [0.4, 0.5) is 4.79 Å². The smallest absolute Gasteiger partial charge is 0.317 e. The van der Waals surface area contributed by atoms with Gasteiger partial charge in [-0.05, 0) is 36.2 Å². The van der Waals surface area contributed by atoms with Crippen molar-refractivity contribution in [3.8, 4) is 5.75 Å². The van der Waals surface area contributed by atoms with Crippen molar-refractivity contribution < 1.29 is 9.53 Å². The first-order valence-electron chi connectivity index (χ1n) is 9.08. The van der Waals surface area contributed by atoms with Crippen molar-refractivity contribution in [2.75, 3.05) is 20.2 Å². The number of likely N-dealkylation sites (tertiary alicyclic amines) is 1. The molecule has 7 nitrogen and oxygen atoms in total. The number of benzene rings is 1. The number of methoxy groups -OCH3 is 1. The van der Waals surface area contributed by atoms with Crippen LogP contribution in [-0.2, 0) is 13.6 Å². The lowest BCUT2D eigenvalue weighted by Crippen LogP contribution is -2.38. The van der Waals surface area contributed by atoms with Gasteiger partial charge in [0.2, 0.25) is 0 Å². The molecule has 2 amide bonds. The van der Waals surface area contributed by atoms with Crippen LogP contribution in [0.5, 0.6) is 5.75 Å². The zero-order valence-electron chi connectivity index (χ0n) is 15.6. The highest BCUT2D eigenvalue weighted by molar-refractivity contribution is 5.75. The van der Waals surface area contributed by atoms with E-state index >= 15 is 0 Å². The van der Waals surface area contributed by atoms with Gasteiger partial charge in [0.25, 0.3) is 0 Å². The van der Waals surface area contributed by atoms with Gasteiger partial charge in [-0.1, -0.05) is 12.1 Å². The van der Waals surface area contributed by atoms with Crippen molar-refractivity contribution >= 4 is 17.2 Å². The van der Waals surface area contributed by atoms with E-state index in [1.165, 1.54) is 0 Å². The highest BCUT2D eigenvalue weighted by atomic mass is 16.5. The van der Waals surface area contributed by atoms with Crippen LogP contribution in [-0.4, -0.2) is 45.7 Å². The standard InChI is InChI=1S/C20H23N5O2/c1-24-18(23-17-4-3-10-21-19(17)24)15-9-11-25(13-15)20(26)22-12-14-5-7-16(27-2)8-6-14/h3-8,10,15H,9,11-13H2,1-2H3,(H,22,26)/t15-/m0/s1. The summed E-state index contributed by atoms with van der Waals surface area (Å²) in [6, 6.07) is 11.5. The molecule has 1 aromatic carbocycles. The molecule has 27 heavy (non-hydrogen) atoms. The first-order chi connectivity index (χ1) is 13.2. The lowest BCUT2D eigenvalue weighted by Gasteiger charge is -2.17. The average Bonchev–Trinajstić information content (AvgIpc) is 3.32. The van der Waals surface area contributed by atoms with E-state index < -0.39 is 0 Å². The molecule has 1 atom stereocenters. The predicted molar refractivity (Wildman–Crippen MR) is 103 cm³/mol. The molecule has 0 saturated carbocycles. The molecule has 1 aliphatic rings. The van der Waals surface area contributed by atoms with Gasteiger partial charge in [-0.3, -0.25) is 0 Å². The number of fused-ring (bicyclic) bond motifs is 1. The fourth-order valence-corrected chi connectivity index (χ4v) is 3.59. The number of imidazole rings is 1. The van der Waals surface area contributed by atoms with E-state index in [4.69, 9.17) is 9.72 Å². The van der Waals surface area contributed by atoms with Gasteiger partial charge in [0.1, 0.15) is 17.1 Å². The quantitative estimate of drug-likeness (QED) is 0.772. The van der Waals surface area contributed by atoms with E-state index in [9.17, 15) is 4.79 Å². The Morgan fingerprint density at radius 2 is 2.11 bits per heavy atom. The van der Waals surface area contributed by atoms with E-state index in [2.05, 4.69) is 10.3 Å². The second kappa shape index (κ2) is 7.26. The maximum Gasteiger partial charge on any atom is 0.317 e. The van der Waals surface area contributed by atoms with Crippen LogP contribution in [0.15, 0.2) is 42.6 Å². The molecule has 1 fully saturated rings. The van der Waals surface area contributed by atoms with E-state index in [1.807, 2.05) is 52.9 Å². The normalized spacial score (nSPS) is 16.7. The zero-order valence-corrected chi connectivity index (χ0v) is 15.6. The molecule has 0 bridgehead atoms. The third kappa shape index (κ3) is 3.45. The van der Waals surface area contributed by atoms with E-state index in [1.54, 1.807) is 13.3 Å². The van der Waals surface area contributed by atoms with Gasteiger partial charge in [0, 0.05) is 38.8 Å². The maximum absolute atomic E-state index is 12.5. The summed E-state index contributed by atoms with van der Waals surface area (Å²) in [5, 5.41) is 3.00. The number of amides is 2. The SMILES string of the molecule is COc1ccc(CNC(=O)N2CC[C@H](c3nc4cccnc4n3C)C2)cc1. The average molecular weight is 365 g/mol. The molecular formula is C20H23N5O2. The zero-order chi connectivity index (χ0) is 18.8. The molecule has 0 unspecified atom stereocenters. The minimum atomic E-state index is -0.0368. The predicted octanol–water partition coefficient (Wildman–Crippen LogP) is 2.68. The number of carbonyl (C=O) groups excluding carboxylic acids is 1. The number of hydrogen-bond acceptors (Lipinski definition) is 4. The van der Waals surface area contributed by atoms with E-state index in [0.29, 0.717) is 13.1 Å². The summed E-state index contributed by atoms with van der Waals surface area (Å²) < 4.78 is 7.19. The number of urea groups is 1. The van der Waals surface area contributed by atoms with Crippen LogP contribution in [0.2, 0.25) is 0 Å². The Hall–Kier alpha value is -3.09. The second-order valence-electron chi connectivity index (χ2n) is 6.81. The fraction of sp³-hybridized carbons (Fsp3) is 0.350. The molecule has 3 heterocycles. The fourth-order valence-electron chi connectivity index (χ4n) is 3.59. The molecule has 7 heteroatoms. The highest BCUT2D eigenvalue weighted by Gasteiger charge is 2.30. The van der Waals surface area contributed by atoms with E-state index in [0.717, 1.165) is 41.3 Å². The van der Waals surface area contributed by atoms with Crippen molar-refractivity contribution in [2.24, 2.45) is 7.05 Å². The molecular weight excluding hydrogens is 342 g/mol. The second-order valence-corrected chi connectivity index (χ2v) is 6.81. The van der Waals surface area contributed by atoms with Crippen molar-refractivity contribution in [3.05, 3.63) is 54.0 Å². The third-order valence-corrected chi connectivity index (χ3v) is 5.11. The van der Waals surface area contributed by atoms with Gasteiger partial charge < -0.3 is 19.5 Å². The van der Waals surface area contributed by atoms with Gasteiger partial charge in [0.15, 0.2) is 5.65 Å². The molecule has 1 aliphatic heterocycles. The number of rotatable bonds is 4. The molecule has 4 rings (SSSR count). The largest absolute Gasteiger partial charge is 0.497 e. The number of aryl methyl sites for hydroxylation is 1. The number of ether oxygens (including phenoxy) is 1. The van der Waals surface area contributed by atoms with Crippen molar-refractivity contribution in [2.45, 2.75) is 18.9 Å². The molecule has 2 aromatic heterocycles. The van der Waals surface area contributed by atoms with Crippen LogP contribution in [0, 0.1) is 0 Å². The Morgan fingerprint density at radius 3 is 2.85 bits per heavy atom. The first kappa shape index (κ1) is 17.3. The van der Waals surface area contributed by atoms with Gasteiger partial charge in [-0.15, -0.1) is 0 Å². The molecule has 0 spiro atoms. The number of aromatic nitrogens is 3. The summed E-state index contributed by atoms with van der Waals surface area (Å²) >= 11 is 0. The van der Waals surface area contributed by atoms with Crippen LogP contribution in [0.25, 0.3) is 11.2 Å². The van der Waals surface area contributed by atoms with Gasteiger partial charge in [-0.25, -0.2) is 14.8 Å². The molecule has 0 aliphatic carbocycles. The summed E-state index contributed by atoms with van der Waals surface area (Å²) in [5.74, 6) is 2.04. The summed E-state index contributed by atoms with van der Waals surface area (Å²) in [6.45, 7) is 1.90. The van der Waals surface area contributed by atoms with E-state index in [-0.39, 0.29) is 11.9 Å². The lowest BCUT2D eigenvalue weighted by atomic mass is 10.1. The van der Waals surface area contributed by atoms with Crippen molar-refractivity contribution in [3.63, 3.8) is 0 Å². The third-order valence-electron chi connectivity index (χ3n) is 5.11. The molecule has 1 saturated heterocycles. The van der Waals surface area contributed by atoms with Gasteiger partial charge >= 0.3 is 6.03 Å². The Morgan fingerprint density at radius 1 is 1.30 bits per heavy atom. The van der Waals surface area contributed by atoms with Crippen LogP contribution < -0.4 is 10.1 Å². The summed E-state index contributed by atoms with van der Waals surface area (Å²) in [4.78, 5) is 23.5. The monoisotopic (exact) mass is 365 g/mol. The number of nitrogens with one attached hydrogen (secondary N) is 1. The van der Waals surface area contributed by atoms with Gasteiger partial charge in [-0.2, -0.15) is 0 Å². The highest BCUT2D eigenvalue weighted by Crippen LogP contribution is 2.28. The van der Waals surface area contributed by atoms with Crippen molar-refractivity contribution in [1.29, 1.82) is 0 Å². The Kier molecular flexibility index (Phi) is 4.66. The van der Waals surface area contributed by atoms with Crippen molar-refractivity contribution in [1.82, 2.24) is 24.8 Å². The minimum Gasteiger partial charge on any atom is -0.497 e. The molecule has 1 N–H and O–H groups in total. The number of nitrogens with zero attached hydrogens (tertiary/aromatic N) is 4. The molecule has 3 aromatic rings. The minimum absolute atomic E-state index is 0.0368.